The van der Waals surface area contributed by atoms with Gasteiger partial charge in [0.2, 0.25) is 0 Å². The number of aromatic nitrogens is 1. The lowest BCUT2D eigenvalue weighted by Gasteiger charge is -2.18. The largest absolute Gasteiger partial charge is 0.369 e. The van der Waals surface area contributed by atoms with Gasteiger partial charge in [-0.1, -0.05) is 18.0 Å². The van der Waals surface area contributed by atoms with Crippen molar-refractivity contribution in [3.05, 3.63) is 23.4 Å². The number of halogens is 1. The van der Waals surface area contributed by atoms with Crippen molar-refractivity contribution < 1.29 is 0 Å². The van der Waals surface area contributed by atoms with Crippen molar-refractivity contribution in [2.75, 3.05) is 18.4 Å². The summed E-state index contributed by atoms with van der Waals surface area (Å²) in [5.74, 6) is 2.12. The Hall–Kier alpha value is -0.800. The molecule has 88 valence electrons. The van der Waals surface area contributed by atoms with Crippen molar-refractivity contribution in [3.63, 3.8) is 0 Å². The van der Waals surface area contributed by atoms with Crippen LogP contribution in [-0.4, -0.2) is 18.1 Å². The first-order valence-electron chi connectivity index (χ1n) is 5.85. The predicted molar refractivity (Wildman–Crippen MR) is 67.6 cm³/mol. The normalized spacial score (nSPS) is 24.6. The molecular weight excluding hydrogens is 222 g/mol. The van der Waals surface area contributed by atoms with Crippen LogP contribution in [-0.2, 0) is 0 Å². The minimum Gasteiger partial charge on any atom is -0.369 e. The van der Waals surface area contributed by atoms with Crippen LogP contribution < -0.4 is 11.1 Å². The Morgan fingerprint density at radius 1 is 1.44 bits per heavy atom. The minimum atomic E-state index is 0.662. The van der Waals surface area contributed by atoms with Crippen molar-refractivity contribution in [1.29, 1.82) is 0 Å². The van der Waals surface area contributed by atoms with Gasteiger partial charge in [0.15, 0.2) is 0 Å². The van der Waals surface area contributed by atoms with Crippen LogP contribution in [0, 0.1) is 11.8 Å². The van der Waals surface area contributed by atoms with Gasteiger partial charge in [-0.25, -0.2) is 4.98 Å². The van der Waals surface area contributed by atoms with E-state index in [9.17, 15) is 0 Å². The number of rotatable bonds is 4. The monoisotopic (exact) mass is 239 g/mol. The second-order valence-electron chi connectivity index (χ2n) is 4.40. The number of nitrogens with zero attached hydrogens (tertiary/aromatic N) is 1. The molecule has 2 unspecified atom stereocenters. The number of pyridine rings is 1. The fourth-order valence-corrected chi connectivity index (χ4v) is 2.62. The molecule has 0 amide bonds. The van der Waals surface area contributed by atoms with Crippen LogP contribution >= 0.6 is 11.6 Å². The summed E-state index contributed by atoms with van der Waals surface area (Å²) in [6.45, 7) is 1.72. The Balaban J connectivity index is 1.90. The SMILES string of the molecule is NCC1CCCC1CNc1ncccc1Cl. The maximum Gasteiger partial charge on any atom is 0.144 e. The van der Waals surface area contributed by atoms with Gasteiger partial charge in [0, 0.05) is 12.7 Å². The number of nitrogens with one attached hydrogen (secondary N) is 1. The van der Waals surface area contributed by atoms with Crippen molar-refractivity contribution >= 4 is 17.4 Å². The molecule has 16 heavy (non-hydrogen) atoms. The van der Waals surface area contributed by atoms with E-state index in [-0.39, 0.29) is 0 Å². The lowest BCUT2D eigenvalue weighted by molar-refractivity contribution is 0.414. The van der Waals surface area contributed by atoms with Crippen molar-refractivity contribution in [2.24, 2.45) is 17.6 Å². The number of nitrogens with two attached hydrogens (primary N) is 1. The van der Waals surface area contributed by atoms with Gasteiger partial charge in [0.05, 0.1) is 5.02 Å². The predicted octanol–water partition coefficient (Wildman–Crippen LogP) is 2.52. The zero-order valence-electron chi connectivity index (χ0n) is 9.32. The van der Waals surface area contributed by atoms with E-state index < -0.39 is 0 Å². The molecule has 1 aromatic rings. The maximum absolute atomic E-state index is 6.03. The minimum absolute atomic E-state index is 0.662. The molecule has 1 aromatic heterocycles. The Kier molecular flexibility index (Phi) is 4.02. The van der Waals surface area contributed by atoms with E-state index in [0.717, 1.165) is 18.9 Å². The molecule has 1 aliphatic rings. The van der Waals surface area contributed by atoms with Crippen molar-refractivity contribution in [3.8, 4) is 0 Å². The first kappa shape index (κ1) is 11.7. The molecule has 3 nitrogen and oxygen atoms in total. The third-order valence-electron chi connectivity index (χ3n) is 3.41. The standard InChI is InChI=1S/C12H18ClN3/c13-11-5-2-6-15-12(11)16-8-10-4-1-3-9(10)7-14/h2,5-6,9-10H,1,3-4,7-8,14H2,(H,15,16). The van der Waals surface area contributed by atoms with Crippen LogP contribution in [0.1, 0.15) is 19.3 Å². The summed E-state index contributed by atoms with van der Waals surface area (Å²) >= 11 is 6.03. The molecule has 2 rings (SSSR count). The third kappa shape index (κ3) is 2.66. The zero-order chi connectivity index (χ0) is 11.4. The first-order valence-corrected chi connectivity index (χ1v) is 6.23. The molecule has 0 bridgehead atoms. The molecule has 3 N–H and O–H groups in total. The lowest BCUT2D eigenvalue weighted by Crippen LogP contribution is -2.24. The Bertz CT molecular complexity index is 343. The van der Waals surface area contributed by atoms with Gasteiger partial charge in [-0.3, -0.25) is 0 Å². The summed E-state index contributed by atoms with van der Waals surface area (Å²) in [6, 6.07) is 3.69. The second kappa shape index (κ2) is 5.51. The summed E-state index contributed by atoms with van der Waals surface area (Å²) in [4.78, 5) is 4.22. The van der Waals surface area contributed by atoms with Crippen LogP contribution in [0.25, 0.3) is 0 Å². The Morgan fingerprint density at radius 2 is 2.25 bits per heavy atom. The summed E-state index contributed by atoms with van der Waals surface area (Å²) < 4.78 is 0. The molecule has 1 fully saturated rings. The smallest absolute Gasteiger partial charge is 0.144 e. The maximum atomic E-state index is 6.03. The summed E-state index contributed by atoms with van der Waals surface area (Å²) in [7, 11) is 0. The van der Waals surface area contributed by atoms with Crippen molar-refractivity contribution in [1.82, 2.24) is 4.98 Å². The van der Waals surface area contributed by atoms with E-state index in [1.807, 2.05) is 12.1 Å². The lowest BCUT2D eigenvalue weighted by atomic mass is 9.96. The highest BCUT2D eigenvalue weighted by Gasteiger charge is 2.25. The molecule has 0 aromatic carbocycles. The van der Waals surface area contributed by atoms with E-state index in [2.05, 4.69) is 10.3 Å². The van der Waals surface area contributed by atoms with E-state index in [4.69, 9.17) is 17.3 Å². The number of hydrogen-bond donors (Lipinski definition) is 2. The van der Waals surface area contributed by atoms with Crippen molar-refractivity contribution in [2.45, 2.75) is 19.3 Å². The fraction of sp³-hybridized carbons (Fsp3) is 0.583. The Morgan fingerprint density at radius 3 is 3.00 bits per heavy atom. The van der Waals surface area contributed by atoms with Gasteiger partial charge in [0.1, 0.15) is 5.82 Å². The van der Waals surface area contributed by atoms with Crippen LogP contribution in [0.15, 0.2) is 18.3 Å². The van der Waals surface area contributed by atoms with Gasteiger partial charge in [-0.05, 0) is 43.4 Å². The molecule has 0 radical (unpaired) electrons. The van der Waals surface area contributed by atoms with Gasteiger partial charge in [0.25, 0.3) is 0 Å². The van der Waals surface area contributed by atoms with Gasteiger partial charge in [-0.2, -0.15) is 0 Å². The molecule has 1 aliphatic carbocycles. The molecule has 0 aliphatic heterocycles. The van der Waals surface area contributed by atoms with E-state index >= 15 is 0 Å². The summed E-state index contributed by atoms with van der Waals surface area (Å²) in [5.41, 5.74) is 5.75. The summed E-state index contributed by atoms with van der Waals surface area (Å²) in [6.07, 6.45) is 5.57. The molecule has 1 saturated carbocycles. The second-order valence-corrected chi connectivity index (χ2v) is 4.81. The van der Waals surface area contributed by atoms with Crippen LogP contribution in [0.3, 0.4) is 0 Å². The van der Waals surface area contributed by atoms with Crippen LogP contribution in [0.2, 0.25) is 5.02 Å². The molecule has 4 heteroatoms. The third-order valence-corrected chi connectivity index (χ3v) is 3.71. The average Bonchev–Trinajstić information content (AvgIpc) is 2.75. The molecular formula is C12H18ClN3. The highest BCUT2D eigenvalue weighted by molar-refractivity contribution is 6.32. The topological polar surface area (TPSA) is 50.9 Å². The number of hydrogen-bond acceptors (Lipinski definition) is 3. The fourth-order valence-electron chi connectivity index (χ4n) is 2.44. The van der Waals surface area contributed by atoms with E-state index in [1.165, 1.54) is 19.3 Å². The number of anilines is 1. The quantitative estimate of drug-likeness (QED) is 0.849. The molecule has 0 spiro atoms. The van der Waals surface area contributed by atoms with E-state index in [1.54, 1.807) is 6.20 Å². The summed E-state index contributed by atoms with van der Waals surface area (Å²) in [5, 5.41) is 4.01. The van der Waals surface area contributed by atoms with Gasteiger partial charge in [-0.15, -0.1) is 0 Å². The zero-order valence-corrected chi connectivity index (χ0v) is 10.1. The first-order chi connectivity index (χ1) is 7.81. The Labute approximate surface area is 101 Å². The molecule has 0 saturated heterocycles. The highest BCUT2D eigenvalue weighted by Crippen LogP contribution is 2.31. The highest BCUT2D eigenvalue weighted by atomic mass is 35.5. The van der Waals surface area contributed by atoms with E-state index in [0.29, 0.717) is 16.9 Å². The molecule has 1 heterocycles. The van der Waals surface area contributed by atoms with Crippen LogP contribution in [0.4, 0.5) is 5.82 Å². The molecule has 2 atom stereocenters. The van der Waals surface area contributed by atoms with Gasteiger partial charge >= 0.3 is 0 Å². The average molecular weight is 240 g/mol. The van der Waals surface area contributed by atoms with Gasteiger partial charge < -0.3 is 11.1 Å². The van der Waals surface area contributed by atoms with Crippen LogP contribution in [0.5, 0.6) is 0 Å².